The SMILES string of the molecule is CC(=O)c1ccc(F)cc1NC(=O)C1(c2ccccc2)CCOCC1. The summed E-state index contributed by atoms with van der Waals surface area (Å²) in [6.07, 6.45) is 1.07. The quantitative estimate of drug-likeness (QED) is 0.863. The average Bonchev–Trinajstić information content (AvgIpc) is 2.63. The predicted octanol–water partition coefficient (Wildman–Crippen LogP) is 3.72. The maximum atomic E-state index is 13.6. The number of halogens is 1. The highest BCUT2D eigenvalue weighted by Gasteiger charge is 2.41. The van der Waals surface area contributed by atoms with Gasteiger partial charge in [-0.2, -0.15) is 0 Å². The third kappa shape index (κ3) is 3.46. The standard InChI is InChI=1S/C20H20FNO3/c1-14(23)17-8-7-16(21)13-18(17)22-19(24)20(9-11-25-12-10-20)15-5-3-2-4-6-15/h2-8,13H,9-12H2,1H3,(H,22,24). The molecular weight excluding hydrogens is 321 g/mol. The number of amides is 1. The van der Waals surface area contributed by atoms with Crippen molar-refractivity contribution in [3.8, 4) is 0 Å². The molecule has 1 heterocycles. The summed E-state index contributed by atoms with van der Waals surface area (Å²) in [4.78, 5) is 25.0. The molecule has 2 aromatic rings. The maximum absolute atomic E-state index is 13.6. The van der Waals surface area contributed by atoms with Crippen LogP contribution >= 0.6 is 0 Å². The monoisotopic (exact) mass is 341 g/mol. The van der Waals surface area contributed by atoms with E-state index >= 15 is 0 Å². The molecule has 5 heteroatoms. The lowest BCUT2D eigenvalue weighted by molar-refractivity contribution is -0.125. The van der Waals surface area contributed by atoms with Crippen LogP contribution in [0.3, 0.4) is 0 Å². The highest BCUT2D eigenvalue weighted by atomic mass is 19.1. The number of anilines is 1. The lowest BCUT2D eigenvalue weighted by Crippen LogP contribution is -2.45. The minimum Gasteiger partial charge on any atom is -0.381 e. The molecule has 0 radical (unpaired) electrons. The van der Waals surface area contributed by atoms with E-state index < -0.39 is 11.2 Å². The Kier molecular flexibility index (Phi) is 4.95. The summed E-state index contributed by atoms with van der Waals surface area (Å²) in [6.45, 7) is 2.35. The lowest BCUT2D eigenvalue weighted by atomic mass is 9.73. The molecule has 130 valence electrons. The van der Waals surface area contributed by atoms with Crippen molar-refractivity contribution in [3.05, 3.63) is 65.5 Å². The van der Waals surface area contributed by atoms with Crippen molar-refractivity contribution in [1.82, 2.24) is 0 Å². The second kappa shape index (κ2) is 7.15. The fraction of sp³-hybridized carbons (Fsp3) is 0.300. The highest BCUT2D eigenvalue weighted by molar-refractivity contribution is 6.06. The van der Waals surface area contributed by atoms with E-state index in [2.05, 4.69) is 5.32 Å². The molecule has 1 N–H and O–H groups in total. The van der Waals surface area contributed by atoms with Gasteiger partial charge in [-0.15, -0.1) is 0 Å². The first-order valence-corrected chi connectivity index (χ1v) is 8.28. The van der Waals surface area contributed by atoms with E-state index in [0.717, 1.165) is 5.56 Å². The molecule has 1 fully saturated rings. The van der Waals surface area contributed by atoms with E-state index in [1.165, 1.54) is 25.1 Å². The van der Waals surface area contributed by atoms with Gasteiger partial charge in [-0.25, -0.2) is 4.39 Å². The molecule has 0 saturated carbocycles. The van der Waals surface area contributed by atoms with E-state index in [1.54, 1.807) is 0 Å². The van der Waals surface area contributed by atoms with Gasteiger partial charge in [0.25, 0.3) is 0 Å². The molecule has 1 aliphatic rings. The van der Waals surface area contributed by atoms with Gasteiger partial charge in [0.2, 0.25) is 5.91 Å². The number of nitrogens with one attached hydrogen (secondary N) is 1. The first-order valence-electron chi connectivity index (χ1n) is 8.28. The summed E-state index contributed by atoms with van der Waals surface area (Å²) in [6, 6.07) is 13.3. The lowest BCUT2D eigenvalue weighted by Gasteiger charge is -2.36. The van der Waals surface area contributed by atoms with Gasteiger partial charge in [-0.3, -0.25) is 9.59 Å². The Morgan fingerprint density at radius 3 is 2.40 bits per heavy atom. The Morgan fingerprint density at radius 2 is 1.76 bits per heavy atom. The topological polar surface area (TPSA) is 55.4 Å². The van der Waals surface area contributed by atoms with Gasteiger partial charge in [0.1, 0.15) is 5.82 Å². The first kappa shape index (κ1) is 17.3. The molecule has 0 bridgehead atoms. The third-order valence-electron chi connectivity index (χ3n) is 4.72. The number of rotatable bonds is 4. The molecule has 1 saturated heterocycles. The van der Waals surface area contributed by atoms with Crippen LogP contribution < -0.4 is 5.32 Å². The molecule has 0 aliphatic carbocycles. The van der Waals surface area contributed by atoms with Crippen molar-refractivity contribution in [1.29, 1.82) is 0 Å². The van der Waals surface area contributed by atoms with Gasteiger partial charge in [-0.05, 0) is 43.5 Å². The number of Topliss-reactive ketones (excluding diaryl/α,β-unsaturated/α-hetero) is 1. The predicted molar refractivity (Wildman–Crippen MR) is 93.2 cm³/mol. The van der Waals surface area contributed by atoms with Crippen LogP contribution in [0.15, 0.2) is 48.5 Å². The van der Waals surface area contributed by atoms with E-state index in [-0.39, 0.29) is 17.4 Å². The molecule has 4 nitrogen and oxygen atoms in total. The van der Waals surface area contributed by atoms with Crippen molar-refractivity contribution in [2.75, 3.05) is 18.5 Å². The summed E-state index contributed by atoms with van der Waals surface area (Å²) in [5.74, 6) is -0.966. The summed E-state index contributed by atoms with van der Waals surface area (Å²) >= 11 is 0. The summed E-state index contributed by atoms with van der Waals surface area (Å²) < 4.78 is 19.1. The van der Waals surface area contributed by atoms with Crippen molar-refractivity contribution >= 4 is 17.4 Å². The van der Waals surface area contributed by atoms with Crippen LogP contribution in [0, 0.1) is 5.82 Å². The summed E-state index contributed by atoms with van der Waals surface area (Å²) in [7, 11) is 0. The normalized spacial score (nSPS) is 16.2. The zero-order valence-electron chi connectivity index (χ0n) is 14.0. The van der Waals surface area contributed by atoms with Crippen LogP contribution in [0.1, 0.15) is 35.7 Å². The van der Waals surface area contributed by atoms with E-state index in [9.17, 15) is 14.0 Å². The molecule has 0 unspecified atom stereocenters. The van der Waals surface area contributed by atoms with Gasteiger partial charge in [-0.1, -0.05) is 30.3 Å². The molecule has 25 heavy (non-hydrogen) atoms. The Hall–Kier alpha value is -2.53. The van der Waals surface area contributed by atoms with Crippen molar-refractivity contribution < 1.29 is 18.7 Å². The molecule has 1 amide bonds. The average molecular weight is 341 g/mol. The Morgan fingerprint density at radius 1 is 1.08 bits per heavy atom. The van der Waals surface area contributed by atoms with Gasteiger partial charge in [0.05, 0.1) is 11.1 Å². The summed E-state index contributed by atoms with van der Waals surface area (Å²) in [5, 5.41) is 2.79. The number of benzene rings is 2. The number of ether oxygens (including phenoxy) is 1. The number of carbonyl (C=O) groups excluding carboxylic acids is 2. The third-order valence-corrected chi connectivity index (χ3v) is 4.72. The molecule has 0 aromatic heterocycles. The zero-order chi connectivity index (χ0) is 17.9. The van der Waals surface area contributed by atoms with E-state index in [0.29, 0.717) is 31.6 Å². The van der Waals surface area contributed by atoms with Gasteiger partial charge < -0.3 is 10.1 Å². The Labute approximate surface area is 146 Å². The molecule has 1 aliphatic heterocycles. The second-order valence-electron chi connectivity index (χ2n) is 6.26. The van der Waals surface area contributed by atoms with Crippen molar-refractivity contribution in [2.45, 2.75) is 25.2 Å². The molecule has 3 rings (SSSR count). The van der Waals surface area contributed by atoms with Crippen LogP contribution in [0.2, 0.25) is 0 Å². The maximum Gasteiger partial charge on any atom is 0.235 e. The van der Waals surface area contributed by atoms with Crippen LogP contribution in [0.25, 0.3) is 0 Å². The van der Waals surface area contributed by atoms with Crippen LogP contribution in [0.5, 0.6) is 0 Å². The molecule has 0 spiro atoms. The van der Waals surface area contributed by atoms with Crippen LogP contribution in [-0.2, 0) is 14.9 Å². The second-order valence-corrected chi connectivity index (χ2v) is 6.26. The van der Waals surface area contributed by atoms with Crippen LogP contribution in [0.4, 0.5) is 10.1 Å². The smallest absolute Gasteiger partial charge is 0.235 e. The number of ketones is 1. The zero-order valence-corrected chi connectivity index (χ0v) is 14.0. The molecule has 0 atom stereocenters. The highest BCUT2D eigenvalue weighted by Crippen LogP contribution is 2.36. The Bertz CT molecular complexity index is 783. The van der Waals surface area contributed by atoms with Crippen LogP contribution in [-0.4, -0.2) is 24.9 Å². The van der Waals surface area contributed by atoms with Gasteiger partial charge in [0.15, 0.2) is 5.78 Å². The Balaban J connectivity index is 1.98. The molecule has 2 aromatic carbocycles. The summed E-state index contributed by atoms with van der Waals surface area (Å²) in [5.41, 5.74) is 0.653. The minimum absolute atomic E-state index is 0.208. The van der Waals surface area contributed by atoms with Crippen molar-refractivity contribution in [3.63, 3.8) is 0 Å². The largest absolute Gasteiger partial charge is 0.381 e. The van der Waals surface area contributed by atoms with E-state index in [1.807, 2.05) is 30.3 Å². The fourth-order valence-electron chi connectivity index (χ4n) is 3.29. The minimum atomic E-state index is -0.750. The fourth-order valence-corrected chi connectivity index (χ4v) is 3.29. The van der Waals surface area contributed by atoms with E-state index in [4.69, 9.17) is 4.74 Å². The number of carbonyl (C=O) groups is 2. The number of hydrogen-bond acceptors (Lipinski definition) is 3. The molecular formula is C20H20FNO3. The first-order chi connectivity index (χ1) is 12.0. The van der Waals surface area contributed by atoms with Gasteiger partial charge >= 0.3 is 0 Å². The number of hydrogen-bond donors (Lipinski definition) is 1. The van der Waals surface area contributed by atoms with Gasteiger partial charge in [0, 0.05) is 18.8 Å². The van der Waals surface area contributed by atoms with Crippen molar-refractivity contribution in [2.24, 2.45) is 0 Å².